The predicted molar refractivity (Wildman–Crippen MR) is 72.5 cm³/mol. The van der Waals surface area contributed by atoms with Crippen molar-refractivity contribution >= 4 is 15.7 Å². The second-order valence-electron chi connectivity index (χ2n) is 3.90. The number of H-pyrrole nitrogens is 1. The van der Waals surface area contributed by atoms with Crippen LogP contribution in [-0.4, -0.2) is 20.5 Å². The number of benzene rings is 1. The first kappa shape index (κ1) is 13.4. The lowest BCUT2D eigenvalue weighted by Gasteiger charge is -2.07. The highest BCUT2D eigenvalue weighted by atomic mass is 32.2. The average Bonchev–Trinajstić information content (AvgIpc) is 2.88. The van der Waals surface area contributed by atoms with Gasteiger partial charge in [-0.1, -0.05) is 6.07 Å². The summed E-state index contributed by atoms with van der Waals surface area (Å²) in [6.45, 7) is 0.259. The van der Waals surface area contributed by atoms with Crippen LogP contribution in [0.15, 0.2) is 41.4 Å². The lowest BCUT2D eigenvalue weighted by Crippen LogP contribution is -2.12. The lowest BCUT2D eigenvalue weighted by molar-refractivity contribution is 0.415. The molecule has 0 spiro atoms. The molecule has 0 saturated carbocycles. The molecule has 0 unspecified atom stereocenters. The Morgan fingerprint density at radius 3 is 2.79 bits per heavy atom. The lowest BCUT2D eigenvalue weighted by atomic mass is 10.3. The van der Waals surface area contributed by atoms with Gasteiger partial charge < -0.3 is 15.5 Å². The maximum atomic E-state index is 12.1. The Bertz CT molecular complexity index is 664. The second-order valence-corrected chi connectivity index (χ2v) is 5.58. The van der Waals surface area contributed by atoms with E-state index in [1.54, 1.807) is 24.3 Å². The summed E-state index contributed by atoms with van der Waals surface area (Å²) >= 11 is 0. The van der Waals surface area contributed by atoms with Gasteiger partial charge in [0.15, 0.2) is 0 Å². The van der Waals surface area contributed by atoms with Gasteiger partial charge in [-0.2, -0.15) is 0 Å². The van der Waals surface area contributed by atoms with Crippen LogP contribution in [0.5, 0.6) is 5.75 Å². The Hall–Kier alpha value is -1.99. The van der Waals surface area contributed by atoms with Crippen molar-refractivity contribution < 1.29 is 13.2 Å². The zero-order chi connectivity index (χ0) is 13.9. The number of nitrogens with two attached hydrogens (primary N) is 1. The van der Waals surface area contributed by atoms with Crippen molar-refractivity contribution in [2.75, 3.05) is 11.8 Å². The molecule has 19 heavy (non-hydrogen) atoms. The van der Waals surface area contributed by atoms with Crippen LogP contribution in [0.2, 0.25) is 0 Å². The minimum Gasteiger partial charge on any atom is -0.497 e. The molecule has 1 aromatic carbocycles. The first-order valence-electron chi connectivity index (χ1n) is 5.59. The van der Waals surface area contributed by atoms with Crippen molar-refractivity contribution in [2.45, 2.75) is 11.4 Å². The van der Waals surface area contributed by atoms with E-state index in [0.29, 0.717) is 17.1 Å². The zero-order valence-electron chi connectivity index (χ0n) is 10.4. The average molecular weight is 281 g/mol. The minimum absolute atomic E-state index is 0.149. The van der Waals surface area contributed by atoms with Crippen molar-refractivity contribution in [3.05, 3.63) is 42.2 Å². The van der Waals surface area contributed by atoms with Gasteiger partial charge >= 0.3 is 0 Å². The molecule has 2 aromatic rings. The summed E-state index contributed by atoms with van der Waals surface area (Å²) in [5.41, 5.74) is 6.53. The Morgan fingerprint density at radius 2 is 2.16 bits per heavy atom. The van der Waals surface area contributed by atoms with Crippen molar-refractivity contribution in [2.24, 2.45) is 5.73 Å². The smallest absolute Gasteiger partial charge is 0.263 e. The zero-order valence-corrected chi connectivity index (χ0v) is 11.2. The Balaban J connectivity index is 2.25. The SMILES string of the molecule is COc1cccc(NS(=O)(=O)c2c[nH]c(CN)c2)c1. The molecule has 0 atom stereocenters. The summed E-state index contributed by atoms with van der Waals surface area (Å²) < 4.78 is 31.8. The second kappa shape index (κ2) is 5.33. The number of aromatic amines is 1. The van der Waals surface area contributed by atoms with E-state index in [-0.39, 0.29) is 11.4 Å². The number of nitrogens with one attached hydrogen (secondary N) is 2. The summed E-state index contributed by atoms with van der Waals surface area (Å²) in [5, 5.41) is 0. The molecular formula is C12H15N3O3S. The predicted octanol–water partition coefficient (Wildman–Crippen LogP) is 1.28. The molecule has 0 aliphatic carbocycles. The van der Waals surface area contributed by atoms with Gasteiger partial charge in [-0.3, -0.25) is 4.72 Å². The number of sulfonamides is 1. The monoisotopic (exact) mass is 281 g/mol. The van der Waals surface area contributed by atoms with E-state index in [4.69, 9.17) is 10.5 Å². The van der Waals surface area contributed by atoms with Gasteiger partial charge in [0.25, 0.3) is 10.0 Å². The molecule has 1 heterocycles. The topological polar surface area (TPSA) is 97.2 Å². The third-order valence-electron chi connectivity index (χ3n) is 2.57. The van der Waals surface area contributed by atoms with Crippen molar-refractivity contribution in [1.82, 2.24) is 4.98 Å². The number of anilines is 1. The van der Waals surface area contributed by atoms with Gasteiger partial charge in [0.1, 0.15) is 10.6 Å². The first-order valence-corrected chi connectivity index (χ1v) is 7.07. The highest BCUT2D eigenvalue weighted by Crippen LogP contribution is 2.20. The molecular weight excluding hydrogens is 266 g/mol. The van der Waals surface area contributed by atoms with Crippen LogP contribution in [0.25, 0.3) is 0 Å². The maximum absolute atomic E-state index is 12.1. The Kier molecular flexibility index (Phi) is 3.77. The molecule has 0 aliphatic heterocycles. The molecule has 0 bridgehead atoms. The molecule has 4 N–H and O–H groups in total. The van der Waals surface area contributed by atoms with E-state index in [2.05, 4.69) is 9.71 Å². The molecule has 0 aliphatic rings. The molecule has 0 saturated heterocycles. The molecule has 7 heteroatoms. The first-order chi connectivity index (χ1) is 9.05. The van der Waals surface area contributed by atoms with Crippen molar-refractivity contribution in [1.29, 1.82) is 0 Å². The van der Waals surface area contributed by atoms with Crippen LogP contribution in [0.1, 0.15) is 5.69 Å². The summed E-state index contributed by atoms with van der Waals surface area (Å²) in [5.74, 6) is 0.580. The van der Waals surface area contributed by atoms with Gasteiger partial charge in [0.05, 0.1) is 12.8 Å². The van der Waals surface area contributed by atoms with Gasteiger partial charge in [0.2, 0.25) is 0 Å². The highest BCUT2D eigenvalue weighted by molar-refractivity contribution is 7.92. The van der Waals surface area contributed by atoms with Crippen LogP contribution in [-0.2, 0) is 16.6 Å². The quantitative estimate of drug-likeness (QED) is 0.769. The molecule has 0 fully saturated rings. The third kappa shape index (κ3) is 3.07. The Labute approximate surface area is 111 Å². The van der Waals surface area contributed by atoms with Crippen LogP contribution >= 0.6 is 0 Å². The van der Waals surface area contributed by atoms with Crippen molar-refractivity contribution in [3.63, 3.8) is 0 Å². The minimum atomic E-state index is -3.62. The van der Waals surface area contributed by atoms with Crippen LogP contribution < -0.4 is 15.2 Å². The van der Waals surface area contributed by atoms with Gasteiger partial charge in [-0.05, 0) is 18.2 Å². The molecule has 1 aromatic heterocycles. The number of hydrogen-bond acceptors (Lipinski definition) is 4. The fourth-order valence-electron chi connectivity index (χ4n) is 1.59. The van der Waals surface area contributed by atoms with E-state index >= 15 is 0 Å². The number of methoxy groups -OCH3 is 1. The summed E-state index contributed by atoms with van der Waals surface area (Å²) in [4.78, 5) is 2.95. The molecule has 102 valence electrons. The van der Waals surface area contributed by atoms with Crippen molar-refractivity contribution in [3.8, 4) is 5.75 Å². The number of hydrogen-bond donors (Lipinski definition) is 3. The van der Waals surface area contributed by atoms with Crippen LogP contribution in [0.3, 0.4) is 0 Å². The van der Waals surface area contributed by atoms with Gasteiger partial charge in [-0.25, -0.2) is 8.42 Å². The maximum Gasteiger partial charge on any atom is 0.263 e. The van der Waals surface area contributed by atoms with E-state index in [1.165, 1.54) is 19.4 Å². The summed E-state index contributed by atoms with van der Waals surface area (Å²) in [6.07, 6.45) is 1.41. The molecule has 0 amide bonds. The number of aromatic nitrogens is 1. The highest BCUT2D eigenvalue weighted by Gasteiger charge is 2.16. The molecule has 0 radical (unpaired) electrons. The van der Waals surface area contributed by atoms with E-state index in [9.17, 15) is 8.42 Å². The van der Waals surface area contributed by atoms with E-state index in [1.807, 2.05) is 0 Å². The van der Waals surface area contributed by atoms with Crippen LogP contribution in [0, 0.1) is 0 Å². The summed E-state index contributed by atoms with van der Waals surface area (Å²) in [6, 6.07) is 8.20. The van der Waals surface area contributed by atoms with Crippen LogP contribution in [0.4, 0.5) is 5.69 Å². The van der Waals surface area contributed by atoms with Gasteiger partial charge in [-0.15, -0.1) is 0 Å². The standard InChI is InChI=1S/C12H15N3O3S/c1-18-11-4-2-3-9(5-11)15-19(16,17)12-6-10(7-13)14-8-12/h2-6,8,14-15H,7,13H2,1H3. The molecule has 2 rings (SSSR count). The fourth-order valence-corrected chi connectivity index (χ4v) is 2.66. The number of ether oxygens (including phenoxy) is 1. The van der Waals surface area contributed by atoms with E-state index < -0.39 is 10.0 Å². The Morgan fingerprint density at radius 1 is 1.37 bits per heavy atom. The van der Waals surface area contributed by atoms with E-state index in [0.717, 1.165) is 0 Å². The summed E-state index contributed by atoms with van der Waals surface area (Å²) in [7, 11) is -2.10. The van der Waals surface area contributed by atoms with Gasteiger partial charge in [0, 0.05) is 24.5 Å². The third-order valence-corrected chi connectivity index (χ3v) is 3.93. The largest absolute Gasteiger partial charge is 0.497 e. The fraction of sp³-hybridized carbons (Fsp3) is 0.167. The number of rotatable bonds is 5. The molecule has 6 nitrogen and oxygen atoms in total. The normalized spacial score (nSPS) is 11.3.